The van der Waals surface area contributed by atoms with Crippen LogP contribution in [0.4, 0.5) is 0 Å². The van der Waals surface area contributed by atoms with E-state index in [0.29, 0.717) is 16.1 Å². The molecule has 0 aromatic heterocycles. The molecule has 2 aromatic carbocycles. The van der Waals surface area contributed by atoms with Gasteiger partial charge >= 0.3 is 5.97 Å². The van der Waals surface area contributed by atoms with Gasteiger partial charge in [-0.2, -0.15) is 0 Å². The summed E-state index contributed by atoms with van der Waals surface area (Å²) in [6, 6.07) is 13.8. The van der Waals surface area contributed by atoms with Crippen molar-refractivity contribution in [3.8, 4) is 0 Å². The molecule has 0 fully saturated rings. The van der Waals surface area contributed by atoms with Crippen molar-refractivity contribution in [1.29, 1.82) is 0 Å². The predicted octanol–water partition coefficient (Wildman–Crippen LogP) is 4.49. The first-order valence-corrected chi connectivity index (χ1v) is 8.17. The summed E-state index contributed by atoms with van der Waals surface area (Å²) in [4.78, 5) is 23.7. The number of carbonyl (C=O) groups excluding carboxylic acids is 1. The van der Waals surface area contributed by atoms with Gasteiger partial charge in [0.25, 0.3) is 5.91 Å². The van der Waals surface area contributed by atoms with E-state index in [1.807, 2.05) is 12.1 Å². The van der Waals surface area contributed by atoms with Crippen LogP contribution < -0.4 is 5.32 Å². The summed E-state index contributed by atoms with van der Waals surface area (Å²) in [5, 5.41) is 12.3. The maximum Gasteiger partial charge on any atom is 0.352 e. The number of hydrogen-bond acceptors (Lipinski definition) is 2. The highest BCUT2D eigenvalue weighted by molar-refractivity contribution is 6.30. The van der Waals surface area contributed by atoms with Gasteiger partial charge in [-0.05, 0) is 46.9 Å². The van der Waals surface area contributed by atoms with E-state index in [0.717, 1.165) is 5.56 Å². The van der Waals surface area contributed by atoms with Crippen molar-refractivity contribution in [2.75, 3.05) is 0 Å². The molecule has 2 rings (SSSR count). The number of benzene rings is 2. The Balaban J connectivity index is 2.20. The smallest absolute Gasteiger partial charge is 0.352 e. The van der Waals surface area contributed by atoms with E-state index in [9.17, 15) is 14.7 Å². The molecule has 0 aliphatic carbocycles. The lowest BCUT2D eigenvalue weighted by Gasteiger charge is -2.19. The zero-order valence-electron chi connectivity index (χ0n) is 14.3. The average Bonchev–Trinajstić information content (AvgIpc) is 2.55. The van der Waals surface area contributed by atoms with Crippen molar-refractivity contribution in [3.63, 3.8) is 0 Å². The van der Waals surface area contributed by atoms with Crippen molar-refractivity contribution in [3.05, 3.63) is 75.9 Å². The first-order chi connectivity index (χ1) is 11.7. The second kappa shape index (κ2) is 7.53. The molecule has 0 radical (unpaired) electrons. The maximum absolute atomic E-state index is 12.3. The first kappa shape index (κ1) is 18.7. The number of aliphatic carboxylic acids is 1. The Kier molecular flexibility index (Phi) is 5.65. The number of nitrogens with one attached hydrogen (secondary N) is 1. The molecule has 1 amide bonds. The van der Waals surface area contributed by atoms with Gasteiger partial charge in [0.2, 0.25) is 0 Å². The van der Waals surface area contributed by atoms with Crippen LogP contribution in [0.15, 0.2) is 54.2 Å². The Bertz CT molecular complexity index is 800. The van der Waals surface area contributed by atoms with Crippen LogP contribution in [-0.4, -0.2) is 17.0 Å². The summed E-state index contributed by atoms with van der Waals surface area (Å²) >= 11 is 5.81. The van der Waals surface area contributed by atoms with Gasteiger partial charge in [0.15, 0.2) is 0 Å². The van der Waals surface area contributed by atoms with Gasteiger partial charge in [-0.1, -0.05) is 56.6 Å². The third kappa shape index (κ3) is 5.19. The van der Waals surface area contributed by atoms with Crippen LogP contribution >= 0.6 is 11.6 Å². The Hall–Kier alpha value is -2.59. The summed E-state index contributed by atoms with van der Waals surface area (Å²) in [6.45, 7) is 6.25. The number of carbonyl (C=O) groups is 2. The Morgan fingerprint density at radius 1 is 1.00 bits per heavy atom. The number of hydrogen-bond donors (Lipinski definition) is 2. The molecule has 0 spiro atoms. The normalized spacial score (nSPS) is 11.9. The van der Waals surface area contributed by atoms with Gasteiger partial charge in [0.05, 0.1) is 0 Å². The topological polar surface area (TPSA) is 66.4 Å². The fourth-order valence-corrected chi connectivity index (χ4v) is 2.32. The van der Waals surface area contributed by atoms with Crippen LogP contribution in [-0.2, 0) is 10.2 Å². The summed E-state index contributed by atoms with van der Waals surface area (Å²) in [7, 11) is 0. The van der Waals surface area contributed by atoms with Gasteiger partial charge in [0.1, 0.15) is 5.70 Å². The Morgan fingerprint density at radius 2 is 1.56 bits per heavy atom. The molecule has 0 unspecified atom stereocenters. The number of halogens is 1. The summed E-state index contributed by atoms with van der Waals surface area (Å²) in [5.74, 6) is -1.68. The Labute approximate surface area is 152 Å². The minimum Gasteiger partial charge on any atom is -0.477 e. The molecule has 4 nitrogen and oxygen atoms in total. The van der Waals surface area contributed by atoms with Crippen LogP contribution in [0, 0.1) is 0 Å². The minimum atomic E-state index is -1.21. The summed E-state index contributed by atoms with van der Waals surface area (Å²) in [5.41, 5.74) is 1.91. The number of amides is 1. The molecule has 0 aliphatic heterocycles. The lowest BCUT2D eigenvalue weighted by molar-refractivity contribution is -0.132. The maximum atomic E-state index is 12.3. The van der Waals surface area contributed by atoms with Crippen LogP contribution in [0.3, 0.4) is 0 Å². The van der Waals surface area contributed by atoms with E-state index in [4.69, 9.17) is 11.6 Å². The largest absolute Gasteiger partial charge is 0.477 e. The monoisotopic (exact) mass is 357 g/mol. The van der Waals surface area contributed by atoms with Gasteiger partial charge in [-0.15, -0.1) is 0 Å². The van der Waals surface area contributed by atoms with Crippen LogP contribution in [0.1, 0.15) is 42.3 Å². The van der Waals surface area contributed by atoms with Gasteiger partial charge in [0, 0.05) is 10.6 Å². The lowest BCUT2D eigenvalue weighted by Crippen LogP contribution is -2.27. The number of rotatable bonds is 4. The second-order valence-corrected chi connectivity index (χ2v) is 7.13. The number of carboxylic acids is 1. The third-order valence-electron chi connectivity index (χ3n) is 3.67. The SMILES string of the molecule is CC(C)(C)c1ccc(C(=O)N/C(=C\c2ccc(Cl)cc2)C(=O)O)cc1. The molecule has 2 aromatic rings. The van der Waals surface area contributed by atoms with E-state index in [1.165, 1.54) is 6.08 Å². The van der Waals surface area contributed by atoms with Crippen molar-refractivity contribution in [2.45, 2.75) is 26.2 Å². The Morgan fingerprint density at radius 3 is 2.04 bits per heavy atom. The second-order valence-electron chi connectivity index (χ2n) is 6.70. The average molecular weight is 358 g/mol. The molecule has 0 atom stereocenters. The van der Waals surface area contributed by atoms with Gasteiger partial charge < -0.3 is 10.4 Å². The molecule has 0 heterocycles. The van der Waals surface area contributed by atoms with Crippen LogP contribution in [0.2, 0.25) is 5.02 Å². The minimum absolute atomic E-state index is 0.0181. The molecule has 5 heteroatoms. The van der Waals surface area contributed by atoms with E-state index in [2.05, 4.69) is 26.1 Å². The van der Waals surface area contributed by atoms with E-state index >= 15 is 0 Å². The van der Waals surface area contributed by atoms with Crippen LogP contribution in [0.25, 0.3) is 6.08 Å². The van der Waals surface area contributed by atoms with E-state index in [-0.39, 0.29) is 11.1 Å². The van der Waals surface area contributed by atoms with Gasteiger partial charge in [-0.3, -0.25) is 4.79 Å². The molecule has 0 saturated heterocycles. The lowest BCUT2D eigenvalue weighted by atomic mass is 9.87. The fraction of sp³-hybridized carbons (Fsp3) is 0.200. The van der Waals surface area contributed by atoms with E-state index in [1.54, 1.807) is 36.4 Å². The zero-order chi connectivity index (χ0) is 18.6. The predicted molar refractivity (Wildman–Crippen MR) is 99.7 cm³/mol. The summed E-state index contributed by atoms with van der Waals surface area (Å²) < 4.78 is 0. The van der Waals surface area contributed by atoms with Crippen molar-refractivity contribution in [1.82, 2.24) is 5.32 Å². The van der Waals surface area contributed by atoms with Crippen molar-refractivity contribution < 1.29 is 14.7 Å². The zero-order valence-corrected chi connectivity index (χ0v) is 15.1. The molecule has 0 bridgehead atoms. The van der Waals surface area contributed by atoms with Crippen molar-refractivity contribution >= 4 is 29.6 Å². The highest BCUT2D eigenvalue weighted by Gasteiger charge is 2.16. The van der Waals surface area contributed by atoms with Crippen LogP contribution in [0.5, 0.6) is 0 Å². The van der Waals surface area contributed by atoms with E-state index < -0.39 is 11.9 Å². The molecular formula is C20H20ClNO3. The number of carboxylic acid groups (broad SMARTS) is 1. The highest BCUT2D eigenvalue weighted by Crippen LogP contribution is 2.22. The molecular weight excluding hydrogens is 338 g/mol. The van der Waals surface area contributed by atoms with Gasteiger partial charge in [-0.25, -0.2) is 4.79 Å². The molecule has 2 N–H and O–H groups in total. The molecule has 25 heavy (non-hydrogen) atoms. The first-order valence-electron chi connectivity index (χ1n) is 7.79. The summed E-state index contributed by atoms with van der Waals surface area (Å²) in [6.07, 6.45) is 1.39. The van der Waals surface area contributed by atoms with Crippen molar-refractivity contribution in [2.24, 2.45) is 0 Å². The fourth-order valence-electron chi connectivity index (χ4n) is 2.19. The molecule has 0 saturated carbocycles. The molecule has 0 aliphatic rings. The third-order valence-corrected chi connectivity index (χ3v) is 3.92. The highest BCUT2D eigenvalue weighted by atomic mass is 35.5. The molecule has 130 valence electrons. The quantitative estimate of drug-likeness (QED) is 0.792. The standard InChI is InChI=1S/C20H20ClNO3/c1-20(2,3)15-8-6-14(7-9-15)18(23)22-17(19(24)25)12-13-4-10-16(21)11-5-13/h4-12H,1-3H3,(H,22,23)(H,24,25)/b17-12-.